The van der Waals surface area contributed by atoms with Crippen molar-refractivity contribution >= 4 is 28.9 Å². The highest BCUT2D eigenvalue weighted by Crippen LogP contribution is 2.26. The molecule has 0 spiro atoms. The van der Waals surface area contributed by atoms with Crippen LogP contribution in [0.1, 0.15) is 31.7 Å². The summed E-state index contributed by atoms with van der Waals surface area (Å²) >= 11 is 6.26. The molecule has 0 fully saturated rings. The maximum absolute atomic E-state index is 6.26. The number of nitrogens with one attached hydrogen (secondary N) is 2. The maximum atomic E-state index is 6.26. The quantitative estimate of drug-likeness (QED) is 0.821. The number of halogens is 1. The minimum absolute atomic E-state index is 0.690. The molecule has 0 aliphatic heterocycles. The molecule has 5 heteroatoms. The van der Waals surface area contributed by atoms with E-state index in [9.17, 15) is 0 Å². The third kappa shape index (κ3) is 4.33. The van der Waals surface area contributed by atoms with Gasteiger partial charge in [0.1, 0.15) is 17.5 Å². The summed E-state index contributed by atoms with van der Waals surface area (Å²) in [6.07, 6.45) is 1.87. The third-order valence-electron chi connectivity index (χ3n) is 2.99. The highest BCUT2D eigenvalue weighted by Gasteiger charge is 2.06. The number of anilines is 3. The number of hydrogen-bond donors (Lipinski definition) is 2. The second kappa shape index (κ2) is 7.27. The Morgan fingerprint density at radius 2 is 1.86 bits per heavy atom. The van der Waals surface area contributed by atoms with Gasteiger partial charge in [-0.25, -0.2) is 9.97 Å². The fraction of sp³-hybridized carbons (Fsp3) is 0.375. The number of aromatic nitrogens is 2. The second-order valence-electron chi connectivity index (χ2n) is 4.94. The second-order valence-corrected chi connectivity index (χ2v) is 5.35. The van der Waals surface area contributed by atoms with Gasteiger partial charge in [0.15, 0.2) is 0 Å². The molecule has 1 aromatic heterocycles. The SMILES string of the molecule is CCCc1nc(NCC)cc(Nc2ccc(C)cc2Cl)n1. The van der Waals surface area contributed by atoms with Crippen molar-refractivity contribution in [1.29, 1.82) is 0 Å². The van der Waals surface area contributed by atoms with E-state index in [4.69, 9.17) is 11.6 Å². The summed E-state index contributed by atoms with van der Waals surface area (Å²) in [5, 5.41) is 7.20. The molecule has 2 N–H and O–H groups in total. The first kappa shape index (κ1) is 15.6. The van der Waals surface area contributed by atoms with E-state index < -0.39 is 0 Å². The van der Waals surface area contributed by atoms with Crippen LogP contribution in [-0.4, -0.2) is 16.5 Å². The Morgan fingerprint density at radius 1 is 1.10 bits per heavy atom. The fourth-order valence-corrected chi connectivity index (χ4v) is 2.31. The van der Waals surface area contributed by atoms with Crippen molar-refractivity contribution in [2.45, 2.75) is 33.6 Å². The fourth-order valence-electron chi connectivity index (χ4n) is 2.03. The van der Waals surface area contributed by atoms with E-state index in [0.717, 1.165) is 48.1 Å². The van der Waals surface area contributed by atoms with Crippen molar-refractivity contribution in [3.63, 3.8) is 0 Å². The Morgan fingerprint density at radius 3 is 2.52 bits per heavy atom. The molecule has 0 aliphatic carbocycles. The first-order valence-corrected chi connectivity index (χ1v) is 7.65. The van der Waals surface area contributed by atoms with Gasteiger partial charge in [0.2, 0.25) is 0 Å². The molecule has 2 rings (SSSR count). The molecule has 112 valence electrons. The number of rotatable bonds is 6. The Kier molecular flexibility index (Phi) is 5.39. The normalized spacial score (nSPS) is 10.5. The van der Waals surface area contributed by atoms with Crippen LogP contribution < -0.4 is 10.6 Å². The summed E-state index contributed by atoms with van der Waals surface area (Å²) in [5.41, 5.74) is 1.99. The standard InChI is InChI=1S/C16H21ClN4/c1-4-6-14-20-15(18-5-2)10-16(21-14)19-13-8-7-11(3)9-12(13)17/h7-10H,4-6H2,1-3H3,(H2,18,19,20,21). The zero-order valence-electron chi connectivity index (χ0n) is 12.7. The Labute approximate surface area is 131 Å². The third-order valence-corrected chi connectivity index (χ3v) is 3.30. The van der Waals surface area contributed by atoms with E-state index in [0.29, 0.717) is 5.02 Å². The molecule has 0 atom stereocenters. The monoisotopic (exact) mass is 304 g/mol. The van der Waals surface area contributed by atoms with E-state index >= 15 is 0 Å². The van der Waals surface area contributed by atoms with Crippen molar-refractivity contribution in [1.82, 2.24) is 9.97 Å². The van der Waals surface area contributed by atoms with E-state index in [1.165, 1.54) is 0 Å². The lowest BCUT2D eigenvalue weighted by molar-refractivity contribution is 0.836. The van der Waals surface area contributed by atoms with Gasteiger partial charge in [0, 0.05) is 19.0 Å². The molecule has 0 saturated carbocycles. The Bertz CT molecular complexity index is 589. The molecule has 0 saturated heterocycles. The molecule has 1 heterocycles. The van der Waals surface area contributed by atoms with Crippen molar-refractivity contribution in [3.05, 3.63) is 40.7 Å². The predicted molar refractivity (Wildman–Crippen MR) is 89.7 cm³/mol. The lowest BCUT2D eigenvalue weighted by atomic mass is 10.2. The van der Waals surface area contributed by atoms with Crippen molar-refractivity contribution < 1.29 is 0 Å². The predicted octanol–water partition coefficient (Wildman–Crippen LogP) is 4.57. The van der Waals surface area contributed by atoms with Crippen LogP contribution in [0.5, 0.6) is 0 Å². The Balaban J connectivity index is 2.29. The molecule has 1 aromatic carbocycles. The average Bonchev–Trinajstić information content (AvgIpc) is 2.42. The number of aryl methyl sites for hydroxylation is 2. The molecule has 21 heavy (non-hydrogen) atoms. The van der Waals surface area contributed by atoms with Crippen molar-refractivity contribution in [3.8, 4) is 0 Å². The Hall–Kier alpha value is -1.81. The molecular formula is C16H21ClN4. The van der Waals surface area contributed by atoms with Crippen LogP contribution in [0.15, 0.2) is 24.3 Å². The van der Waals surface area contributed by atoms with E-state index in [1.54, 1.807) is 0 Å². The van der Waals surface area contributed by atoms with Crippen LogP contribution in [0.2, 0.25) is 5.02 Å². The van der Waals surface area contributed by atoms with Gasteiger partial charge in [0.05, 0.1) is 10.7 Å². The summed E-state index contributed by atoms with van der Waals surface area (Å²) < 4.78 is 0. The van der Waals surface area contributed by atoms with Crippen LogP contribution in [0, 0.1) is 6.92 Å². The number of nitrogens with zero attached hydrogens (tertiary/aromatic N) is 2. The highest BCUT2D eigenvalue weighted by molar-refractivity contribution is 6.33. The first-order valence-electron chi connectivity index (χ1n) is 7.27. The number of benzene rings is 1. The minimum Gasteiger partial charge on any atom is -0.370 e. The van der Waals surface area contributed by atoms with Gasteiger partial charge in [-0.3, -0.25) is 0 Å². The zero-order chi connectivity index (χ0) is 15.2. The summed E-state index contributed by atoms with van der Waals surface area (Å²) in [6.45, 7) is 7.01. The largest absolute Gasteiger partial charge is 0.370 e. The van der Waals surface area contributed by atoms with Gasteiger partial charge in [-0.2, -0.15) is 0 Å². The lowest BCUT2D eigenvalue weighted by Gasteiger charge is -2.12. The van der Waals surface area contributed by atoms with Crippen LogP contribution in [0.3, 0.4) is 0 Å². The van der Waals surface area contributed by atoms with Gasteiger partial charge in [-0.05, 0) is 38.0 Å². The van der Waals surface area contributed by atoms with Crippen molar-refractivity contribution in [2.75, 3.05) is 17.2 Å². The summed E-state index contributed by atoms with van der Waals surface area (Å²) in [5.74, 6) is 2.43. The van der Waals surface area contributed by atoms with Crippen LogP contribution in [0.25, 0.3) is 0 Å². The molecule has 0 bridgehead atoms. The maximum Gasteiger partial charge on any atom is 0.136 e. The molecular weight excluding hydrogens is 284 g/mol. The van der Waals surface area contributed by atoms with Crippen molar-refractivity contribution in [2.24, 2.45) is 0 Å². The highest BCUT2D eigenvalue weighted by atomic mass is 35.5. The molecule has 2 aromatic rings. The first-order chi connectivity index (χ1) is 10.1. The van der Waals surface area contributed by atoms with E-state index in [-0.39, 0.29) is 0 Å². The van der Waals surface area contributed by atoms with E-state index in [1.807, 2.05) is 38.1 Å². The molecule has 0 unspecified atom stereocenters. The zero-order valence-corrected chi connectivity index (χ0v) is 13.5. The average molecular weight is 305 g/mol. The van der Waals surface area contributed by atoms with Gasteiger partial charge >= 0.3 is 0 Å². The molecule has 0 radical (unpaired) electrons. The van der Waals surface area contributed by atoms with Gasteiger partial charge in [0.25, 0.3) is 0 Å². The van der Waals surface area contributed by atoms with Crippen LogP contribution >= 0.6 is 11.6 Å². The lowest BCUT2D eigenvalue weighted by Crippen LogP contribution is -2.06. The summed E-state index contributed by atoms with van der Waals surface area (Å²) in [6, 6.07) is 7.82. The van der Waals surface area contributed by atoms with Gasteiger partial charge in [-0.1, -0.05) is 24.6 Å². The summed E-state index contributed by atoms with van der Waals surface area (Å²) in [7, 11) is 0. The molecule has 0 amide bonds. The van der Waals surface area contributed by atoms with Gasteiger partial charge < -0.3 is 10.6 Å². The van der Waals surface area contributed by atoms with Crippen LogP contribution in [-0.2, 0) is 6.42 Å². The smallest absolute Gasteiger partial charge is 0.136 e. The summed E-state index contributed by atoms with van der Waals surface area (Å²) in [4.78, 5) is 9.04. The van der Waals surface area contributed by atoms with E-state index in [2.05, 4.69) is 27.5 Å². The molecule has 0 aliphatic rings. The minimum atomic E-state index is 0.690. The molecule has 4 nitrogen and oxygen atoms in total. The topological polar surface area (TPSA) is 49.8 Å². The number of hydrogen-bond acceptors (Lipinski definition) is 4. The van der Waals surface area contributed by atoms with Crippen LogP contribution in [0.4, 0.5) is 17.3 Å². The van der Waals surface area contributed by atoms with Gasteiger partial charge in [-0.15, -0.1) is 0 Å².